The van der Waals surface area contributed by atoms with Crippen LogP contribution < -0.4 is 5.73 Å². The van der Waals surface area contributed by atoms with Crippen molar-refractivity contribution in [3.63, 3.8) is 0 Å². The Morgan fingerprint density at radius 2 is 2.17 bits per heavy atom. The summed E-state index contributed by atoms with van der Waals surface area (Å²) in [7, 11) is 0. The first-order valence-corrected chi connectivity index (χ1v) is 4.70. The van der Waals surface area contributed by atoms with Crippen LogP contribution in [0.5, 0.6) is 5.75 Å². The lowest BCUT2D eigenvalue weighted by Gasteiger charge is -1.98. The predicted octanol–water partition coefficient (Wildman–Crippen LogP) is 2.48. The summed E-state index contributed by atoms with van der Waals surface area (Å²) >= 11 is 5.68. The van der Waals surface area contributed by atoms with Crippen LogP contribution in [0.2, 0.25) is 0 Å². The number of nitrogens with two attached hydrogens (primary N) is 1. The molecule has 0 spiro atoms. The van der Waals surface area contributed by atoms with E-state index in [4.69, 9.17) is 5.73 Å². The van der Waals surface area contributed by atoms with Crippen LogP contribution in [0, 0.1) is 0 Å². The molecule has 0 aliphatic heterocycles. The standard InChI is InChI=1S/C8H7NOS2/c9-4-3-12-8-5(10)1-2-6(11)7(4)8/h1-3,10-11H,9H2. The van der Waals surface area contributed by atoms with Crippen LogP contribution in [0.4, 0.5) is 5.69 Å². The minimum Gasteiger partial charge on any atom is -0.506 e. The van der Waals surface area contributed by atoms with Gasteiger partial charge in [0.2, 0.25) is 0 Å². The van der Waals surface area contributed by atoms with Gasteiger partial charge in [0.25, 0.3) is 0 Å². The van der Waals surface area contributed by atoms with Crippen LogP contribution in [0.3, 0.4) is 0 Å². The molecular weight excluding hydrogens is 190 g/mol. The van der Waals surface area contributed by atoms with Crippen molar-refractivity contribution in [2.45, 2.75) is 4.90 Å². The Hall–Kier alpha value is -0.870. The van der Waals surface area contributed by atoms with Crippen molar-refractivity contribution in [1.29, 1.82) is 0 Å². The summed E-state index contributed by atoms with van der Waals surface area (Å²) in [4.78, 5) is 0.807. The first-order chi connectivity index (χ1) is 5.70. The third-order valence-electron chi connectivity index (χ3n) is 1.71. The van der Waals surface area contributed by atoms with Gasteiger partial charge < -0.3 is 10.8 Å². The molecule has 12 heavy (non-hydrogen) atoms. The van der Waals surface area contributed by atoms with E-state index < -0.39 is 0 Å². The second-order valence-corrected chi connectivity index (χ2v) is 3.86. The molecule has 62 valence electrons. The first-order valence-electron chi connectivity index (χ1n) is 3.38. The van der Waals surface area contributed by atoms with Gasteiger partial charge >= 0.3 is 0 Å². The largest absolute Gasteiger partial charge is 0.506 e. The third-order valence-corrected chi connectivity index (χ3v) is 3.10. The second-order valence-electron chi connectivity index (χ2n) is 2.50. The monoisotopic (exact) mass is 197 g/mol. The molecule has 0 amide bonds. The Balaban J connectivity index is 2.98. The Bertz CT molecular complexity index is 436. The summed E-state index contributed by atoms with van der Waals surface area (Å²) in [6.45, 7) is 0. The second kappa shape index (κ2) is 2.57. The zero-order chi connectivity index (χ0) is 8.72. The van der Waals surface area contributed by atoms with Crippen LogP contribution in [-0.2, 0) is 0 Å². The van der Waals surface area contributed by atoms with E-state index in [2.05, 4.69) is 12.6 Å². The smallest absolute Gasteiger partial charge is 0.133 e. The molecule has 0 unspecified atom stereocenters. The molecule has 0 saturated carbocycles. The van der Waals surface area contributed by atoms with Crippen LogP contribution >= 0.6 is 24.0 Å². The van der Waals surface area contributed by atoms with Crippen molar-refractivity contribution in [2.75, 3.05) is 5.73 Å². The molecule has 0 bridgehead atoms. The van der Waals surface area contributed by atoms with Crippen molar-refractivity contribution in [1.82, 2.24) is 0 Å². The quantitative estimate of drug-likeness (QED) is 0.568. The average molecular weight is 197 g/mol. The molecule has 0 atom stereocenters. The van der Waals surface area contributed by atoms with Gasteiger partial charge in [0.15, 0.2) is 0 Å². The van der Waals surface area contributed by atoms with E-state index in [1.165, 1.54) is 11.3 Å². The molecule has 0 radical (unpaired) electrons. The first kappa shape index (κ1) is 7.76. The highest BCUT2D eigenvalue weighted by molar-refractivity contribution is 7.80. The summed E-state index contributed by atoms with van der Waals surface area (Å²) in [6, 6.07) is 3.37. The van der Waals surface area contributed by atoms with Gasteiger partial charge in [-0.2, -0.15) is 0 Å². The normalized spacial score (nSPS) is 10.8. The van der Waals surface area contributed by atoms with Gasteiger partial charge in [-0.05, 0) is 12.1 Å². The van der Waals surface area contributed by atoms with Crippen LogP contribution in [0.1, 0.15) is 0 Å². The van der Waals surface area contributed by atoms with Gasteiger partial charge in [0, 0.05) is 15.7 Å². The van der Waals surface area contributed by atoms with Crippen LogP contribution in [-0.4, -0.2) is 5.11 Å². The van der Waals surface area contributed by atoms with Crippen LogP contribution in [0.25, 0.3) is 10.1 Å². The molecule has 4 heteroatoms. The number of anilines is 1. The lowest BCUT2D eigenvalue weighted by Crippen LogP contribution is -1.81. The maximum absolute atomic E-state index is 9.43. The van der Waals surface area contributed by atoms with E-state index in [0.717, 1.165) is 15.0 Å². The lowest BCUT2D eigenvalue weighted by molar-refractivity contribution is 0.482. The summed E-state index contributed by atoms with van der Waals surface area (Å²) in [5, 5.41) is 12.1. The molecule has 1 heterocycles. The number of nitrogen functional groups attached to an aromatic ring is 1. The van der Waals surface area contributed by atoms with Gasteiger partial charge in [-0.25, -0.2) is 0 Å². The van der Waals surface area contributed by atoms with Crippen molar-refractivity contribution in [2.24, 2.45) is 0 Å². The molecule has 2 rings (SSSR count). The molecular formula is C8H7NOS2. The number of fused-ring (bicyclic) bond motifs is 1. The maximum atomic E-state index is 9.43. The third kappa shape index (κ3) is 0.956. The topological polar surface area (TPSA) is 46.2 Å². The number of thiophene rings is 1. The molecule has 2 nitrogen and oxygen atoms in total. The van der Waals surface area contributed by atoms with E-state index >= 15 is 0 Å². The Morgan fingerprint density at radius 1 is 1.42 bits per heavy atom. The summed E-state index contributed by atoms with van der Waals surface area (Å²) in [6.07, 6.45) is 0. The zero-order valence-electron chi connectivity index (χ0n) is 6.11. The molecule has 0 fully saturated rings. The number of benzene rings is 1. The molecule has 2 aromatic rings. The number of hydrogen-bond donors (Lipinski definition) is 3. The molecule has 0 aliphatic carbocycles. The van der Waals surface area contributed by atoms with E-state index in [1.54, 1.807) is 12.1 Å². The van der Waals surface area contributed by atoms with Gasteiger partial charge in [0.05, 0.1) is 10.4 Å². The fraction of sp³-hybridized carbons (Fsp3) is 0. The SMILES string of the molecule is Nc1csc2c(O)ccc(S)c12. The summed E-state index contributed by atoms with van der Waals surface area (Å²) in [5.74, 6) is 0.268. The van der Waals surface area contributed by atoms with Gasteiger partial charge in [-0.3, -0.25) is 0 Å². The van der Waals surface area contributed by atoms with Crippen LogP contribution in [0.15, 0.2) is 22.4 Å². The average Bonchev–Trinajstić information content (AvgIpc) is 2.42. The Kier molecular flexibility index (Phi) is 1.66. The maximum Gasteiger partial charge on any atom is 0.133 e. The van der Waals surface area contributed by atoms with Crippen molar-refractivity contribution >= 4 is 39.7 Å². The number of aromatic hydroxyl groups is 1. The number of thiol groups is 1. The minimum absolute atomic E-state index is 0.268. The lowest BCUT2D eigenvalue weighted by atomic mass is 10.2. The number of phenolic OH excluding ortho intramolecular Hbond substituents is 1. The Morgan fingerprint density at radius 3 is 2.83 bits per heavy atom. The zero-order valence-corrected chi connectivity index (χ0v) is 7.82. The molecule has 0 aliphatic rings. The van der Waals surface area contributed by atoms with Gasteiger partial charge in [-0.15, -0.1) is 24.0 Å². The van der Waals surface area contributed by atoms with Gasteiger partial charge in [0.1, 0.15) is 5.75 Å². The van der Waals surface area contributed by atoms with Gasteiger partial charge in [-0.1, -0.05) is 0 Å². The molecule has 1 aromatic carbocycles. The molecule has 1 aromatic heterocycles. The summed E-state index contributed by atoms with van der Waals surface area (Å²) < 4.78 is 0.806. The van der Waals surface area contributed by atoms with Crippen molar-refractivity contribution in [3.05, 3.63) is 17.5 Å². The van der Waals surface area contributed by atoms with E-state index in [0.29, 0.717) is 5.69 Å². The van der Waals surface area contributed by atoms with Crippen molar-refractivity contribution < 1.29 is 5.11 Å². The Labute approximate surface area is 79.0 Å². The van der Waals surface area contributed by atoms with E-state index in [1.807, 2.05) is 5.38 Å². The van der Waals surface area contributed by atoms with Crippen molar-refractivity contribution in [3.8, 4) is 5.75 Å². The number of hydrogen-bond acceptors (Lipinski definition) is 4. The predicted molar refractivity (Wildman–Crippen MR) is 55.2 cm³/mol. The van der Waals surface area contributed by atoms with E-state index in [-0.39, 0.29) is 5.75 Å². The molecule has 0 saturated heterocycles. The number of phenols is 1. The molecule has 3 N–H and O–H groups in total. The minimum atomic E-state index is 0.268. The number of rotatable bonds is 0. The van der Waals surface area contributed by atoms with E-state index in [9.17, 15) is 5.11 Å². The highest BCUT2D eigenvalue weighted by Gasteiger charge is 2.07. The summed E-state index contributed by atoms with van der Waals surface area (Å²) in [5.41, 5.74) is 6.37. The highest BCUT2D eigenvalue weighted by Crippen LogP contribution is 2.38. The highest BCUT2D eigenvalue weighted by atomic mass is 32.1. The fourth-order valence-electron chi connectivity index (χ4n) is 1.14. The fourth-order valence-corrected chi connectivity index (χ4v) is 2.43.